The summed E-state index contributed by atoms with van der Waals surface area (Å²) in [4.78, 5) is 8.98. The summed E-state index contributed by atoms with van der Waals surface area (Å²) in [6.45, 7) is 11.0. The van der Waals surface area contributed by atoms with Crippen LogP contribution in [0.5, 0.6) is 5.75 Å². The van der Waals surface area contributed by atoms with Gasteiger partial charge in [0.2, 0.25) is 0 Å². The van der Waals surface area contributed by atoms with Crippen molar-refractivity contribution in [2.24, 2.45) is 4.99 Å². The van der Waals surface area contributed by atoms with Crippen molar-refractivity contribution >= 4 is 29.9 Å². The molecule has 1 aromatic heterocycles. The van der Waals surface area contributed by atoms with E-state index in [4.69, 9.17) is 9.73 Å². The Bertz CT molecular complexity index is 744. The number of hydrogen-bond acceptors (Lipinski definition) is 3. The molecule has 1 aromatic carbocycles. The second kappa shape index (κ2) is 12.6. The molecule has 1 atom stereocenters. The molecule has 1 unspecified atom stereocenters. The quantitative estimate of drug-likeness (QED) is 0.235. The Morgan fingerprint density at radius 3 is 2.71 bits per heavy atom. The lowest BCUT2D eigenvalue weighted by Crippen LogP contribution is -2.39. The second-order valence-electron chi connectivity index (χ2n) is 6.75. The lowest BCUT2D eigenvalue weighted by atomic mass is 10.0. The molecule has 0 amide bonds. The molecule has 0 saturated carbocycles. The number of rotatable bonds is 9. The van der Waals surface area contributed by atoms with Gasteiger partial charge >= 0.3 is 0 Å². The third-order valence-corrected chi connectivity index (χ3v) is 4.55. The van der Waals surface area contributed by atoms with E-state index in [-0.39, 0.29) is 30.0 Å². The molecular formula is C21H34IN5O. The molecule has 0 saturated heterocycles. The maximum absolute atomic E-state index is 5.51. The van der Waals surface area contributed by atoms with Gasteiger partial charge in [-0.05, 0) is 46.6 Å². The zero-order valence-electron chi connectivity index (χ0n) is 17.7. The molecule has 0 fully saturated rings. The van der Waals surface area contributed by atoms with Crippen LogP contribution >= 0.6 is 24.0 Å². The SMILES string of the molecule is CCNC(=NCCCCn1ccnc1C)NC(C)c1cc(C)ccc1OC.I. The van der Waals surface area contributed by atoms with Crippen molar-refractivity contribution in [3.8, 4) is 5.75 Å². The van der Waals surface area contributed by atoms with Crippen LogP contribution in [0.25, 0.3) is 0 Å². The average Bonchev–Trinajstić information content (AvgIpc) is 3.06. The molecule has 0 bridgehead atoms. The number of unbranched alkanes of at least 4 members (excludes halogenated alkanes) is 1. The summed E-state index contributed by atoms with van der Waals surface area (Å²) in [5, 5.41) is 6.83. The van der Waals surface area contributed by atoms with Gasteiger partial charge in [0.15, 0.2) is 5.96 Å². The molecule has 1 heterocycles. The Kier molecular flexibility index (Phi) is 11.0. The molecular weight excluding hydrogens is 465 g/mol. The fourth-order valence-electron chi connectivity index (χ4n) is 3.02. The number of aromatic nitrogens is 2. The molecule has 6 nitrogen and oxygen atoms in total. The van der Waals surface area contributed by atoms with Crippen LogP contribution in [0.4, 0.5) is 0 Å². The molecule has 0 aliphatic heterocycles. The van der Waals surface area contributed by atoms with Crippen molar-refractivity contribution in [2.75, 3.05) is 20.2 Å². The summed E-state index contributed by atoms with van der Waals surface area (Å²) >= 11 is 0. The highest BCUT2D eigenvalue weighted by Gasteiger charge is 2.13. The van der Waals surface area contributed by atoms with Crippen molar-refractivity contribution in [2.45, 2.75) is 53.1 Å². The Morgan fingerprint density at radius 1 is 1.29 bits per heavy atom. The maximum Gasteiger partial charge on any atom is 0.191 e. The lowest BCUT2D eigenvalue weighted by Gasteiger charge is -2.20. The van der Waals surface area contributed by atoms with Crippen LogP contribution in [0.3, 0.4) is 0 Å². The average molecular weight is 499 g/mol. The number of halogens is 1. The maximum atomic E-state index is 5.51. The summed E-state index contributed by atoms with van der Waals surface area (Å²) in [6.07, 6.45) is 6.00. The van der Waals surface area contributed by atoms with Gasteiger partial charge in [0.1, 0.15) is 11.6 Å². The van der Waals surface area contributed by atoms with Crippen molar-refractivity contribution in [3.63, 3.8) is 0 Å². The number of aryl methyl sites for hydroxylation is 3. The predicted molar refractivity (Wildman–Crippen MR) is 127 cm³/mol. The Labute approximate surface area is 186 Å². The molecule has 28 heavy (non-hydrogen) atoms. The largest absolute Gasteiger partial charge is 0.496 e. The zero-order chi connectivity index (χ0) is 19.6. The number of benzene rings is 1. The fourth-order valence-corrected chi connectivity index (χ4v) is 3.02. The highest BCUT2D eigenvalue weighted by Crippen LogP contribution is 2.25. The zero-order valence-corrected chi connectivity index (χ0v) is 20.0. The van der Waals surface area contributed by atoms with Crippen LogP contribution in [0.15, 0.2) is 35.6 Å². The number of ether oxygens (including phenoxy) is 1. The predicted octanol–water partition coefficient (Wildman–Crippen LogP) is 4.22. The van der Waals surface area contributed by atoms with E-state index < -0.39 is 0 Å². The van der Waals surface area contributed by atoms with Gasteiger partial charge in [-0.25, -0.2) is 4.98 Å². The van der Waals surface area contributed by atoms with E-state index in [2.05, 4.69) is 53.1 Å². The number of nitrogens with one attached hydrogen (secondary N) is 2. The number of methoxy groups -OCH3 is 1. The third-order valence-electron chi connectivity index (χ3n) is 4.55. The van der Waals surface area contributed by atoms with Gasteiger partial charge in [0, 0.05) is 37.6 Å². The monoisotopic (exact) mass is 499 g/mol. The number of hydrogen-bond donors (Lipinski definition) is 2. The Balaban J connectivity index is 0.00000392. The molecule has 0 radical (unpaired) electrons. The first-order valence-corrected chi connectivity index (χ1v) is 9.72. The molecule has 0 aliphatic carbocycles. The number of imidazole rings is 1. The summed E-state index contributed by atoms with van der Waals surface area (Å²) in [5.74, 6) is 2.80. The summed E-state index contributed by atoms with van der Waals surface area (Å²) in [7, 11) is 1.71. The molecule has 2 N–H and O–H groups in total. The minimum absolute atomic E-state index is 0. The summed E-state index contributed by atoms with van der Waals surface area (Å²) < 4.78 is 7.69. The first kappa shape index (κ1) is 24.3. The van der Waals surface area contributed by atoms with Gasteiger partial charge in [0.05, 0.1) is 13.2 Å². The molecule has 0 aliphatic rings. The van der Waals surface area contributed by atoms with Crippen molar-refractivity contribution in [1.82, 2.24) is 20.2 Å². The summed E-state index contributed by atoms with van der Waals surface area (Å²) in [6, 6.07) is 6.35. The molecule has 7 heteroatoms. The Hall–Kier alpha value is -1.77. The highest BCUT2D eigenvalue weighted by atomic mass is 127. The molecule has 2 aromatic rings. The normalized spacial score (nSPS) is 12.2. The van der Waals surface area contributed by atoms with E-state index in [0.717, 1.165) is 55.6 Å². The first-order valence-electron chi connectivity index (χ1n) is 9.72. The fraction of sp³-hybridized carbons (Fsp3) is 0.524. The van der Waals surface area contributed by atoms with Gasteiger partial charge in [-0.3, -0.25) is 4.99 Å². The van der Waals surface area contributed by atoms with Gasteiger partial charge < -0.3 is 19.9 Å². The van der Waals surface area contributed by atoms with Crippen molar-refractivity contribution < 1.29 is 4.74 Å². The van der Waals surface area contributed by atoms with E-state index in [9.17, 15) is 0 Å². The van der Waals surface area contributed by atoms with Gasteiger partial charge in [-0.2, -0.15) is 0 Å². The first-order chi connectivity index (χ1) is 13.0. The number of aliphatic imine (C=N–C) groups is 1. The van der Waals surface area contributed by atoms with Crippen LogP contribution in [0.2, 0.25) is 0 Å². The summed E-state index contributed by atoms with van der Waals surface area (Å²) in [5.41, 5.74) is 2.36. The molecule has 156 valence electrons. The topological polar surface area (TPSA) is 63.5 Å². The van der Waals surface area contributed by atoms with E-state index >= 15 is 0 Å². The smallest absolute Gasteiger partial charge is 0.191 e. The molecule has 2 rings (SSSR count). The van der Waals surface area contributed by atoms with Crippen LogP contribution < -0.4 is 15.4 Å². The van der Waals surface area contributed by atoms with E-state index in [1.165, 1.54) is 5.56 Å². The second-order valence-corrected chi connectivity index (χ2v) is 6.75. The van der Waals surface area contributed by atoms with Crippen LogP contribution in [0.1, 0.15) is 49.7 Å². The van der Waals surface area contributed by atoms with E-state index in [1.807, 2.05) is 25.4 Å². The molecule has 0 spiro atoms. The number of nitrogens with zero attached hydrogens (tertiary/aromatic N) is 3. The van der Waals surface area contributed by atoms with Gasteiger partial charge in [0.25, 0.3) is 0 Å². The van der Waals surface area contributed by atoms with Crippen molar-refractivity contribution in [1.29, 1.82) is 0 Å². The van der Waals surface area contributed by atoms with Crippen molar-refractivity contribution in [3.05, 3.63) is 47.5 Å². The highest BCUT2D eigenvalue weighted by molar-refractivity contribution is 14.0. The minimum Gasteiger partial charge on any atom is -0.496 e. The standard InChI is InChI=1S/C21H33N5O.HI/c1-6-22-21(24-11-7-8-13-26-14-12-23-18(26)4)25-17(3)19-15-16(2)9-10-20(19)27-5;/h9-10,12,14-15,17H,6-8,11,13H2,1-5H3,(H2,22,24,25);1H. The van der Waals surface area contributed by atoms with Gasteiger partial charge in [-0.1, -0.05) is 17.7 Å². The Morgan fingerprint density at radius 2 is 2.07 bits per heavy atom. The van der Waals surface area contributed by atoms with E-state index in [1.54, 1.807) is 7.11 Å². The minimum atomic E-state index is 0. The van der Waals surface area contributed by atoms with E-state index in [0.29, 0.717) is 0 Å². The van der Waals surface area contributed by atoms with Crippen LogP contribution in [-0.4, -0.2) is 35.7 Å². The third kappa shape index (κ3) is 7.33. The van der Waals surface area contributed by atoms with Gasteiger partial charge in [-0.15, -0.1) is 24.0 Å². The van der Waals surface area contributed by atoms with Crippen LogP contribution in [-0.2, 0) is 6.54 Å². The lowest BCUT2D eigenvalue weighted by molar-refractivity contribution is 0.405. The number of guanidine groups is 1. The van der Waals surface area contributed by atoms with Crippen LogP contribution in [0, 0.1) is 13.8 Å².